The predicted octanol–water partition coefficient (Wildman–Crippen LogP) is 0.730. The van der Waals surface area contributed by atoms with Crippen LogP contribution in [0.15, 0.2) is 12.2 Å². The molecule has 18 heavy (non-hydrogen) atoms. The van der Waals surface area contributed by atoms with Crippen LogP contribution in [-0.2, 0) is 14.3 Å². The number of rotatable bonds is 3. The van der Waals surface area contributed by atoms with Crippen molar-refractivity contribution in [2.45, 2.75) is 32.3 Å². The molecule has 0 radical (unpaired) electrons. The number of nitrogens with one attached hydrogen (secondary N) is 2. The molecule has 2 N–H and O–H groups in total. The number of ether oxygens (including phenoxy) is 1. The maximum absolute atomic E-state index is 11.7. The van der Waals surface area contributed by atoms with Gasteiger partial charge in [0, 0.05) is 7.05 Å². The van der Waals surface area contributed by atoms with Crippen LogP contribution in [0.1, 0.15) is 26.2 Å². The summed E-state index contributed by atoms with van der Waals surface area (Å²) in [6.45, 7) is 1.44. The van der Waals surface area contributed by atoms with Gasteiger partial charge in [-0.05, 0) is 26.2 Å². The summed E-state index contributed by atoms with van der Waals surface area (Å²) in [7, 11) is 1.40. The molecule has 3 amide bonds. The molecule has 0 saturated carbocycles. The van der Waals surface area contributed by atoms with Crippen molar-refractivity contribution in [3.63, 3.8) is 0 Å². The van der Waals surface area contributed by atoms with E-state index in [1.807, 2.05) is 12.2 Å². The molecule has 1 rings (SSSR count). The highest BCUT2D eigenvalue weighted by molar-refractivity contribution is 5.97. The van der Waals surface area contributed by atoms with Gasteiger partial charge < -0.3 is 10.1 Å². The number of hydrogen-bond acceptors (Lipinski definition) is 4. The second kappa shape index (κ2) is 6.78. The van der Waals surface area contributed by atoms with Crippen molar-refractivity contribution in [1.29, 1.82) is 0 Å². The lowest BCUT2D eigenvalue weighted by molar-refractivity contribution is -0.158. The monoisotopic (exact) mass is 254 g/mol. The van der Waals surface area contributed by atoms with Gasteiger partial charge in [0.1, 0.15) is 0 Å². The third-order valence-corrected chi connectivity index (χ3v) is 2.73. The van der Waals surface area contributed by atoms with Crippen molar-refractivity contribution in [3.8, 4) is 0 Å². The molecule has 0 aliphatic heterocycles. The summed E-state index contributed by atoms with van der Waals surface area (Å²) in [5, 5.41) is 4.30. The molecule has 1 aliphatic carbocycles. The van der Waals surface area contributed by atoms with Crippen LogP contribution in [0.5, 0.6) is 0 Å². The Hall–Kier alpha value is -1.85. The first kappa shape index (κ1) is 14.2. The van der Waals surface area contributed by atoms with Crippen LogP contribution in [0.4, 0.5) is 4.79 Å². The Balaban J connectivity index is 2.41. The molecular formula is C12H18N2O4. The van der Waals surface area contributed by atoms with Gasteiger partial charge in [-0.1, -0.05) is 12.2 Å². The SMILES string of the molecule is CNC(=O)NC(=O)[C@H](C)OC(=O)[C@@H]1CC=CCC1. The fourth-order valence-corrected chi connectivity index (χ4v) is 1.61. The van der Waals surface area contributed by atoms with Crippen molar-refractivity contribution < 1.29 is 19.1 Å². The zero-order valence-corrected chi connectivity index (χ0v) is 10.6. The maximum atomic E-state index is 11.7. The number of amides is 3. The van der Waals surface area contributed by atoms with Gasteiger partial charge in [0.25, 0.3) is 5.91 Å². The Kier molecular flexibility index (Phi) is 5.35. The lowest BCUT2D eigenvalue weighted by Crippen LogP contribution is -2.44. The van der Waals surface area contributed by atoms with Crippen molar-refractivity contribution >= 4 is 17.9 Å². The molecule has 0 bridgehead atoms. The van der Waals surface area contributed by atoms with E-state index < -0.39 is 18.0 Å². The minimum absolute atomic E-state index is 0.190. The Bertz CT molecular complexity index is 365. The molecule has 2 atom stereocenters. The van der Waals surface area contributed by atoms with Crippen LogP contribution in [0.3, 0.4) is 0 Å². The topological polar surface area (TPSA) is 84.5 Å². The Morgan fingerprint density at radius 1 is 1.33 bits per heavy atom. The van der Waals surface area contributed by atoms with Crippen LogP contribution in [0, 0.1) is 5.92 Å². The van der Waals surface area contributed by atoms with E-state index in [1.165, 1.54) is 14.0 Å². The first-order valence-corrected chi connectivity index (χ1v) is 5.92. The highest BCUT2D eigenvalue weighted by atomic mass is 16.5. The van der Waals surface area contributed by atoms with Crippen LogP contribution < -0.4 is 10.6 Å². The van der Waals surface area contributed by atoms with Gasteiger partial charge in [-0.25, -0.2) is 4.79 Å². The van der Waals surface area contributed by atoms with Crippen molar-refractivity contribution in [2.75, 3.05) is 7.05 Å². The summed E-state index contributed by atoms with van der Waals surface area (Å²) in [6, 6.07) is -0.622. The zero-order valence-electron chi connectivity index (χ0n) is 10.6. The predicted molar refractivity (Wildman–Crippen MR) is 64.6 cm³/mol. The fourth-order valence-electron chi connectivity index (χ4n) is 1.61. The molecule has 0 fully saturated rings. The second-order valence-electron chi connectivity index (χ2n) is 4.13. The van der Waals surface area contributed by atoms with E-state index in [1.54, 1.807) is 0 Å². The molecule has 0 aromatic carbocycles. The molecule has 0 spiro atoms. The molecule has 0 saturated heterocycles. The highest BCUT2D eigenvalue weighted by Gasteiger charge is 2.25. The summed E-state index contributed by atoms with van der Waals surface area (Å²) in [5.41, 5.74) is 0. The van der Waals surface area contributed by atoms with E-state index >= 15 is 0 Å². The second-order valence-corrected chi connectivity index (χ2v) is 4.13. The molecule has 100 valence electrons. The molecule has 6 nitrogen and oxygen atoms in total. The minimum Gasteiger partial charge on any atom is -0.452 e. The van der Waals surface area contributed by atoms with E-state index in [0.29, 0.717) is 6.42 Å². The van der Waals surface area contributed by atoms with Gasteiger partial charge in [-0.15, -0.1) is 0 Å². The number of imide groups is 1. The van der Waals surface area contributed by atoms with Gasteiger partial charge in [-0.2, -0.15) is 0 Å². The maximum Gasteiger partial charge on any atom is 0.321 e. The number of hydrogen-bond donors (Lipinski definition) is 2. The first-order chi connectivity index (χ1) is 8.54. The first-order valence-electron chi connectivity index (χ1n) is 5.92. The summed E-state index contributed by atoms with van der Waals surface area (Å²) in [6.07, 6.45) is 5.21. The number of urea groups is 1. The van der Waals surface area contributed by atoms with Crippen molar-refractivity contribution in [3.05, 3.63) is 12.2 Å². The number of esters is 1. The molecule has 0 heterocycles. The summed E-state index contributed by atoms with van der Waals surface area (Å²) >= 11 is 0. The van der Waals surface area contributed by atoms with E-state index in [0.717, 1.165) is 12.8 Å². The number of carbonyl (C=O) groups excluding carboxylic acids is 3. The largest absolute Gasteiger partial charge is 0.452 e. The summed E-state index contributed by atoms with van der Waals surface area (Å²) < 4.78 is 5.03. The van der Waals surface area contributed by atoms with Crippen LogP contribution in [-0.4, -0.2) is 31.1 Å². The van der Waals surface area contributed by atoms with E-state index in [-0.39, 0.29) is 11.9 Å². The molecule has 0 aromatic rings. The van der Waals surface area contributed by atoms with E-state index in [9.17, 15) is 14.4 Å². The van der Waals surface area contributed by atoms with Gasteiger partial charge >= 0.3 is 12.0 Å². The molecule has 1 aliphatic rings. The van der Waals surface area contributed by atoms with Crippen molar-refractivity contribution in [2.24, 2.45) is 5.92 Å². The third kappa shape index (κ3) is 4.20. The van der Waals surface area contributed by atoms with Crippen LogP contribution in [0.2, 0.25) is 0 Å². The van der Waals surface area contributed by atoms with E-state index in [2.05, 4.69) is 10.6 Å². The molecule has 6 heteroatoms. The summed E-state index contributed by atoms with van der Waals surface area (Å²) in [5.74, 6) is -1.21. The number of allylic oxidation sites excluding steroid dienone is 2. The smallest absolute Gasteiger partial charge is 0.321 e. The van der Waals surface area contributed by atoms with Crippen molar-refractivity contribution in [1.82, 2.24) is 10.6 Å². The summed E-state index contributed by atoms with van der Waals surface area (Å²) in [4.78, 5) is 34.1. The van der Waals surface area contributed by atoms with Gasteiger partial charge in [0.15, 0.2) is 6.10 Å². The zero-order chi connectivity index (χ0) is 13.5. The quantitative estimate of drug-likeness (QED) is 0.574. The van der Waals surface area contributed by atoms with E-state index in [4.69, 9.17) is 4.74 Å². The van der Waals surface area contributed by atoms with Gasteiger partial charge in [-0.3, -0.25) is 14.9 Å². The van der Waals surface area contributed by atoms with Gasteiger partial charge in [0.2, 0.25) is 0 Å². The average molecular weight is 254 g/mol. The Labute approximate surface area is 106 Å². The molecular weight excluding hydrogens is 236 g/mol. The minimum atomic E-state index is -0.972. The molecule has 0 unspecified atom stereocenters. The highest BCUT2D eigenvalue weighted by Crippen LogP contribution is 2.19. The third-order valence-electron chi connectivity index (χ3n) is 2.73. The van der Waals surface area contributed by atoms with Crippen LogP contribution in [0.25, 0.3) is 0 Å². The molecule has 0 aromatic heterocycles. The lowest BCUT2D eigenvalue weighted by Gasteiger charge is -2.19. The standard InChI is InChI=1S/C12H18N2O4/c1-8(10(15)14-12(17)13-2)18-11(16)9-6-4-3-5-7-9/h3-4,8-9H,5-7H2,1-2H3,(H2,13,14,15,17)/t8-,9+/m0/s1. The Morgan fingerprint density at radius 3 is 2.61 bits per heavy atom. The normalized spacial score (nSPS) is 19.8. The van der Waals surface area contributed by atoms with Crippen LogP contribution >= 0.6 is 0 Å². The Morgan fingerprint density at radius 2 is 2.06 bits per heavy atom. The number of carbonyl (C=O) groups is 3. The average Bonchev–Trinajstić information content (AvgIpc) is 2.39. The lowest BCUT2D eigenvalue weighted by atomic mass is 9.95. The van der Waals surface area contributed by atoms with Gasteiger partial charge in [0.05, 0.1) is 5.92 Å². The fraction of sp³-hybridized carbons (Fsp3) is 0.583.